The summed E-state index contributed by atoms with van der Waals surface area (Å²) >= 11 is 0. The lowest BCUT2D eigenvalue weighted by Gasteiger charge is -2.33. The summed E-state index contributed by atoms with van der Waals surface area (Å²) < 4.78 is 0. The predicted octanol–water partition coefficient (Wildman–Crippen LogP) is 1.66. The minimum Gasteiger partial charge on any atom is -0.397 e. The molecule has 20 heavy (non-hydrogen) atoms. The van der Waals surface area contributed by atoms with Crippen molar-refractivity contribution in [2.45, 2.75) is 38.6 Å². The van der Waals surface area contributed by atoms with E-state index in [0.717, 1.165) is 13.0 Å². The van der Waals surface area contributed by atoms with Gasteiger partial charge in [0, 0.05) is 25.3 Å². The van der Waals surface area contributed by atoms with Gasteiger partial charge in [-0.05, 0) is 44.9 Å². The highest BCUT2D eigenvalue weighted by molar-refractivity contribution is 5.96. The third-order valence-corrected chi connectivity index (χ3v) is 3.90. The third-order valence-electron chi connectivity index (χ3n) is 3.90. The van der Waals surface area contributed by atoms with Crippen LogP contribution in [0.2, 0.25) is 0 Å². The number of hydrogen-bond donors (Lipinski definition) is 2. The molecule has 0 bridgehead atoms. The molecule has 0 aromatic carbocycles. The van der Waals surface area contributed by atoms with E-state index in [9.17, 15) is 4.79 Å². The second-order valence-corrected chi connectivity index (χ2v) is 5.43. The molecular formula is C15H24N4O. The fourth-order valence-corrected chi connectivity index (χ4v) is 2.67. The largest absolute Gasteiger partial charge is 0.397 e. The molecule has 1 aromatic rings. The summed E-state index contributed by atoms with van der Waals surface area (Å²) in [5.41, 5.74) is 6.47. The zero-order chi connectivity index (χ0) is 14.4. The second-order valence-electron chi connectivity index (χ2n) is 5.43. The van der Waals surface area contributed by atoms with Crippen LogP contribution in [-0.4, -0.2) is 41.5 Å². The molecule has 5 heteroatoms. The van der Waals surface area contributed by atoms with Crippen LogP contribution in [0, 0.1) is 0 Å². The van der Waals surface area contributed by atoms with Gasteiger partial charge < -0.3 is 16.0 Å². The monoisotopic (exact) mass is 276 g/mol. The molecule has 1 saturated heterocycles. The van der Waals surface area contributed by atoms with E-state index < -0.39 is 0 Å². The van der Waals surface area contributed by atoms with Crippen LogP contribution in [-0.2, 0) is 0 Å². The Morgan fingerprint density at radius 1 is 1.55 bits per heavy atom. The van der Waals surface area contributed by atoms with Crippen LogP contribution in [0.1, 0.15) is 43.1 Å². The van der Waals surface area contributed by atoms with Crippen LogP contribution in [0.25, 0.3) is 0 Å². The smallest absolute Gasteiger partial charge is 0.272 e. The standard InChI is InChI=1S/C15H24N4O/c1-12-6-2-3-10-19(12)11-5-9-18-15(20)14-13(16)7-4-8-17-14/h4,7-8,12H,2-3,5-6,9-11,16H2,1H3,(H,18,20). The molecule has 2 rings (SSSR count). The number of hydrogen-bond acceptors (Lipinski definition) is 4. The number of nitrogens with two attached hydrogens (primary N) is 1. The molecule has 110 valence electrons. The Bertz CT molecular complexity index is 449. The average molecular weight is 276 g/mol. The summed E-state index contributed by atoms with van der Waals surface area (Å²) in [7, 11) is 0. The molecule has 0 radical (unpaired) electrons. The van der Waals surface area contributed by atoms with E-state index in [2.05, 4.69) is 22.1 Å². The molecule has 1 aliphatic rings. The molecular weight excluding hydrogens is 252 g/mol. The summed E-state index contributed by atoms with van der Waals surface area (Å²) in [4.78, 5) is 18.4. The van der Waals surface area contributed by atoms with Gasteiger partial charge >= 0.3 is 0 Å². The minimum atomic E-state index is -0.185. The van der Waals surface area contributed by atoms with E-state index in [4.69, 9.17) is 5.73 Å². The lowest BCUT2D eigenvalue weighted by atomic mass is 10.0. The number of piperidine rings is 1. The average Bonchev–Trinajstić information content (AvgIpc) is 2.45. The number of likely N-dealkylation sites (tertiary alicyclic amines) is 1. The zero-order valence-corrected chi connectivity index (χ0v) is 12.1. The summed E-state index contributed by atoms with van der Waals surface area (Å²) in [5.74, 6) is -0.185. The molecule has 5 nitrogen and oxygen atoms in total. The Labute approximate surface area is 120 Å². The Morgan fingerprint density at radius 2 is 2.40 bits per heavy atom. The van der Waals surface area contributed by atoms with Gasteiger partial charge in [0.05, 0.1) is 5.69 Å². The number of anilines is 1. The molecule has 0 aliphatic carbocycles. The van der Waals surface area contributed by atoms with Gasteiger partial charge in [0.1, 0.15) is 0 Å². The van der Waals surface area contributed by atoms with Crippen molar-refractivity contribution in [3.63, 3.8) is 0 Å². The van der Waals surface area contributed by atoms with E-state index >= 15 is 0 Å². The van der Waals surface area contributed by atoms with Crippen molar-refractivity contribution in [3.8, 4) is 0 Å². The topological polar surface area (TPSA) is 71.2 Å². The second kappa shape index (κ2) is 7.24. The molecule has 1 fully saturated rings. The molecule has 1 amide bonds. The molecule has 1 aliphatic heterocycles. The van der Waals surface area contributed by atoms with Crippen molar-refractivity contribution in [2.75, 3.05) is 25.4 Å². The summed E-state index contributed by atoms with van der Waals surface area (Å²) in [6, 6.07) is 4.09. The van der Waals surface area contributed by atoms with Crippen LogP contribution in [0.4, 0.5) is 5.69 Å². The number of carbonyl (C=O) groups is 1. The highest BCUT2D eigenvalue weighted by Gasteiger charge is 2.17. The molecule has 0 saturated carbocycles. The number of nitrogens with one attached hydrogen (secondary N) is 1. The number of nitrogen functional groups attached to an aromatic ring is 1. The quantitative estimate of drug-likeness (QED) is 0.802. The van der Waals surface area contributed by atoms with Gasteiger partial charge in [0.15, 0.2) is 5.69 Å². The van der Waals surface area contributed by atoms with E-state index in [0.29, 0.717) is 24.0 Å². The van der Waals surface area contributed by atoms with Gasteiger partial charge in [-0.2, -0.15) is 0 Å². The van der Waals surface area contributed by atoms with Crippen LogP contribution >= 0.6 is 0 Å². The molecule has 0 spiro atoms. The first kappa shape index (κ1) is 14.8. The fraction of sp³-hybridized carbons (Fsp3) is 0.600. The maximum Gasteiger partial charge on any atom is 0.272 e. The number of rotatable bonds is 5. The number of nitrogens with zero attached hydrogens (tertiary/aromatic N) is 2. The zero-order valence-electron chi connectivity index (χ0n) is 12.1. The van der Waals surface area contributed by atoms with Crippen LogP contribution in [0.3, 0.4) is 0 Å². The Morgan fingerprint density at radius 3 is 3.15 bits per heavy atom. The first-order chi connectivity index (χ1) is 9.68. The Kier molecular flexibility index (Phi) is 5.35. The normalized spacial score (nSPS) is 19.8. The number of amides is 1. The van der Waals surface area contributed by atoms with E-state index in [1.165, 1.54) is 25.8 Å². The predicted molar refractivity (Wildman–Crippen MR) is 80.5 cm³/mol. The maximum absolute atomic E-state index is 11.9. The summed E-state index contributed by atoms with van der Waals surface area (Å²) in [5, 5.41) is 2.89. The van der Waals surface area contributed by atoms with Gasteiger partial charge in [-0.15, -0.1) is 0 Å². The van der Waals surface area contributed by atoms with Crippen LogP contribution in [0.15, 0.2) is 18.3 Å². The van der Waals surface area contributed by atoms with E-state index in [1.54, 1.807) is 18.3 Å². The van der Waals surface area contributed by atoms with E-state index in [-0.39, 0.29) is 5.91 Å². The summed E-state index contributed by atoms with van der Waals surface area (Å²) in [6.45, 7) is 5.17. The van der Waals surface area contributed by atoms with Crippen molar-refractivity contribution in [3.05, 3.63) is 24.0 Å². The van der Waals surface area contributed by atoms with Gasteiger partial charge in [-0.25, -0.2) is 4.98 Å². The van der Waals surface area contributed by atoms with Crippen molar-refractivity contribution in [1.82, 2.24) is 15.2 Å². The highest BCUT2D eigenvalue weighted by atomic mass is 16.1. The van der Waals surface area contributed by atoms with Crippen molar-refractivity contribution >= 4 is 11.6 Å². The Hall–Kier alpha value is -1.62. The molecule has 1 atom stereocenters. The van der Waals surface area contributed by atoms with Crippen molar-refractivity contribution in [1.29, 1.82) is 0 Å². The third kappa shape index (κ3) is 3.93. The lowest BCUT2D eigenvalue weighted by molar-refractivity contribution is 0.0945. The van der Waals surface area contributed by atoms with Gasteiger partial charge in [0.25, 0.3) is 5.91 Å². The fourth-order valence-electron chi connectivity index (χ4n) is 2.67. The molecule has 1 aromatic heterocycles. The van der Waals surface area contributed by atoms with Gasteiger partial charge in [-0.1, -0.05) is 6.42 Å². The first-order valence-electron chi connectivity index (χ1n) is 7.41. The number of carbonyl (C=O) groups excluding carboxylic acids is 1. The van der Waals surface area contributed by atoms with Crippen molar-refractivity contribution in [2.24, 2.45) is 0 Å². The Balaban J connectivity index is 1.71. The van der Waals surface area contributed by atoms with E-state index in [1.807, 2.05) is 0 Å². The molecule has 1 unspecified atom stereocenters. The van der Waals surface area contributed by atoms with Gasteiger partial charge in [0.2, 0.25) is 0 Å². The van der Waals surface area contributed by atoms with Crippen LogP contribution < -0.4 is 11.1 Å². The van der Waals surface area contributed by atoms with Crippen LogP contribution in [0.5, 0.6) is 0 Å². The van der Waals surface area contributed by atoms with Gasteiger partial charge in [-0.3, -0.25) is 4.79 Å². The number of pyridine rings is 1. The SMILES string of the molecule is CC1CCCCN1CCCNC(=O)c1ncccc1N. The summed E-state index contributed by atoms with van der Waals surface area (Å²) in [6.07, 6.45) is 6.47. The minimum absolute atomic E-state index is 0.185. The lowest BCUT2D eigenvalue weighted by Crippen LogP contribution is -2.39. The highest BCUT2D eigenvalue weighted by Crippen LogP contribution is 2.16. The van der Waals surface area contributed by atoms with Crippen molar-refractivity contribution < 1.29 is 4.79 Å². The first-order valence-corrected chi connectivity index (χ1v) is 7.41. The number of aromatic nitrogens is 1. The molecule has 3 N–H and O–H groups in total. The maximum atomic E-state index is 11.9. The molecule has 2 heterocycles.